The van der Waals surface area contributed by atoms with Crippen molar-refractivity contribution in [2.45, 2.75) is 51.6 Å². The molecule has 0 heterocycles. The first-order valence-corrected chi connectivity index (χ1v) is 5.15. The first-order valence-electron chi connectivity index (χ1n) is 5.15. The van der Waals surface area contributed by atoms with Crippen LogP contribution >= 0.6 is 0 Å². The van der Waals surface area contributed by atoms with Gasteiger partial charge in [-0.15, -0.1) is 0 Å². The van der Waals surface area contributed by atoms with Crippen LogP contribution in [-0.2, 0) is 4.79 Å². The van der Waals surface area contributed by atoms with E-state index in [1.54, 1.807) is 0 Å². The highest BCUT2D eigenvalue weighted by atomic mass is 16.1. The lowest BCUT2D eigenvalue weighted by Crippen LogP contribution is -2.44. The molecule has 0 radical (unpaired) electrons. The van der Waals surface area contributed by atoms with Gasteiger partial charge in [-0.2, -0.15) is 0 Å². The largest absolute Gasteiger partial charge is 0.368 e. The molecule has 1 saturated carbocycles. The van der Waals surface area contributed by atoms with E-state index in [0.717, 1.165) is 5.92 Å². The molecule has 13 heavy (non-hydrogen) atoms. The van der Waals surface area contributed by atoms with Gasteiger partial charge in [-0.3, -0.25) is 4.79 Å². The van der Waals surface area contributed by atoms with Crippen molar-refractivity contribution in [2.24, 2.45) is 11.7 Å². The minimum Gasteiger partial charge on any atom is -0.368 e. The van der Waals surface area contributed by atoms with Gasteiger partial charge >= 0.3 is 0 Å². The van der Waals surface area contributed by atoms with E-state index in [1.165, 1.54) is 25.7 Å². The minimum atomic E-state index is -0.263. The van der Waals surface area contributed by atoms with E-state index in [-0.39, 0.29) is 11.9 Å². The lowest BCUT2D eigenvalue weighted by molar-refractivity contribution is -0.119. The smallest absolute Gasteiger partial charge is 0.234 e. The first kappa shape index (κ1) is 10.5. The summed E-state index contributed by atoms with van der Waals surface area (Å²) in [4.78, 5) is 10.8. The molecule has 3 N–H and O–H groups in total. The molecule has 1 amide bonds. The van der Waals surface area contributed by atoms with Crippen molar-refractivity contribution in [3.63, 3.8) is 0 Å². The van der Waals surface area contributed by atoms with Crippen LogP contribution in [0.15, 0.2) is 0 Å². The number of hydrogen-bond donors (Lipinski definition) is 2. The molecule has 1 aliphatic rings. The molecule has 0 spiro atoms. The molecular weight excluding hydrogens is 164 g/mol. The number of hydrogen-bond acceptors (Lipinski definition) is 2. The van der Waals surface area contributed by atoms with Crippen LogP contribution in [0.2, 0.25) is 0 Å². The Morgan fingerprint density at radius 3 is 2.54 bits per heavy atom. The molecule has 1 fully saturated rings. The van der Waals surface area contributed by atoms with Crippen molar-refractivity contribution in [1.82, 2.24) is 5.32 Å². The summed E-state index contributed by atoms with van der Waals surface area (Å²) in [6.07, 6.45) is 5.27. The lowest BCUT2D eigenvalue weighted by Gasteiger charge is -2.29. The van der Waals surface area contributed by atoms with Crippen molar-refractivity contribution in [3.8, 4) is 0 Å². The Hall–Kier alpha value is -0.570. The average Bonchev–Trinajstić information content (AvgIpc) is 1.96. The van der Waals surface area contributed by atoms with Crippen molar-refractivity contribution in [1.29, 1.82) is 0 Å². The van der Waals surface area contributed by atoms with Crippen LogP contribution in [0.25, 0.3) is 0 Å². The predicted molar refractivity (Wildman–Crippen MR) is 53.2 cm³/mol. The Morgan fingerprint density at radius 2 is 2.15 bits per heavy atom. The molecule has 76 valence electrons. The van der Waals surface area contributed by atoms with Crippen LogP contribution < -0.4 is 11.1 Å². The maximum absolute atomic E-state index is 10.8. The van der Waals surface area contributed by atoms with Gasteiger partial charge in [-0.25, -0.2) is 0 Å². The van der Waals surface area contributed by atoms with Gasteiger partial charge < -0.3 is 11.1 Å². The van der Waals surface area contributed by atoms with Crippen molar-refractivity contribution in [2.75, 3.05) is 0 Å². The summed E-state index contributed by atoms with van der Waals surface area (Å²) in [7, 11) is 0. The van der Waals surface area contributed by atoms with Gasteiger partial charge in [0.1, 0.15) is 0 Å². The van der Waals surface area contributed by atoms with Crippen LogP contribution in [0.5, 0.6) is 0 Å². The van der Waals surface area contributed by atoms with Crippen LogP contribution in [0, 0.1) is 5.92 Å². The molecule has 3 heteroatoms. The fraction of sp³-hybridized carbons (Fsp3) is 0.900. The van der Waals surface area contributed by atoms with E-state index in [1.807, 2.05) is 6.92 Å². The average molecular weight is 184 g/mol. The third-order valence-electron chi connectivity index (χ3n) is 2.87. The van der Waals surface area contributed by atoms with Gasteiger partial charge in [-0.05, 0) is 26.2 Å². The predicted octanol–water partition coefficient (Wildman–Crippen LogP) is 1.03. The van der Waals surface area contributed by atoms with Gasteiger partial charge in [0.15, 0.2) is 0 Å². The summed E-state index contributed by atoms with van der Waals surface area (Å²) >= 11 is 0. The van der Waals surface area contributed by atoms with E-state index >= 15 is 0 Å². The van der Waals surface area contributed by atoms with Gasteiger partial charge in [0.25, 0.3) is 0 Å². The Labute approximate surface area is 80.1 Å². The fourth-order valence-corrected chi connectivity index (χ4v) is 1.81. The van der Waals surface area contributed by atoms with Crippen LogP contribution in [-0.4, -0.2) is 18.0 Å². The Morgan fingerprint density at radius 1 is 1.54 bits per heavy atom. The van der Waals surface area contributed by atoms with Gasteiger partial charge in [-0.1, -0.05) is 19.3 Å². The SMILES string of the molecule is CC(CC1CCC1)NC(C)C(N)=O. The van der Waals surface area contributed by atoms with E-state index < -0.39 is 0 Å². The number of amides is 1. The fourth-order valence-electron chi connectivity index (χ4n) is 1.81. The van der Waals surface area contributed by atoms with Gasteiger partial charge in [0.05, 0.1) is 6.04 Å². The number of rotatable bonds is 5. The minimum absolute atomic E-state index is 0.199. The van der Waals surface area contributed by atoms with Crippen LogP contribution in [0.1, 0.15) is 39.5 Å². The summed E-state index contributed by atoms with van der Waals surface area (Å²) in [5.41, 5.74) is 5.16. The maximum atomic E-state index is 10.8. The molecule has 0 aromatic carbocycles. The summed E-state index contributed by atoms with van der Waals surface area (Å²) in [6.45, 7) is 3.94. The molecule has 0 aromatic heterocycles. The topological polar surface area (TPSA) is 55.1 Å². The maximum Gasteiger partial charge on any atom is 0.234 e. The third-order valence-corrected chi connectivity index (χ3v) is 2.87. The molecule has 0 bridgehead atoms. The van der Waals surface area contributed by atoms with E-state index in [0.29, 0.717) is 6.04 Å². The molecule has 0 aliphatic heterocycles. The third kappa shape index (κ3) is 3.35. The van der Waals surface area contributed by atoms with Gasteiger partial charge in [0.2, 0.25) is 5.91 Å². The molecule has 0 aromatic rings. The van der Waals surface area contributed by atoms with Crippen molar-refractivity contribution in [3.05, 3.63) is 0 Å². The highest BCUT2D eigenvalue weighted by Gasteiger charge is 2.21. The molecule has 0 saturated heterocycles. The van der Waals surface area contributed by atoms with E-state index in [9.17, 15) is 4.79 Å². The molecule has 2 unspecified atom stereocenters. The highest BCUT2D eigenvalue weighted by molar-refractivity contribution is 5.79. The number of carbonyl (C=O) groups excluding carboxylic acids is 1. The zero-order valence-electron chi connectivity index (χ0n) is 8.55. The second kappa shape index (κ2) is 4.61. The normalized spacial score (nSPS) is 22.0. The second-order valence-electron chi connectivity index (χ2n) is 4.22. The zero-order valence-corrected chi connectivity index (χ0v) is 8.55. The van der Waals surface area contributed by atoms with Crippen molar-refractivity contribution >= 4 is 5.91 Å². The quantitative estimate of drug-likeness (QED) is 0.670. The van der Waals surface area contributed by atoms with E-state index in [2.05, 4.69) is 12.2 Å². The molecular formula is C10H20N2O. The number of primary amides is 1. The molecule has 2 atom stereocenters. The van der Waals surface area contributed by atoms with Gasteiger partial charge in [0, 0.05) is 6.04 Å². The summed E-state index contributed by atoms with van der Waals surface area (Å²) in [5, 5.41) is 3.20. The molecule has 1 aliphatic carbocycles. The lowest BCUT2D eigenvalue weighted by atomic mass is 9.81. The van der Waals surface area contributed by atoms with Crippen LogP contribution in [0.3, 0.4) is 0 Å². The van der Waals surface area contributed by atoms with E-state index in [4.69, 9.17) is 5.73 Å². The molecule has 1 rings (SSSR count). The Balaban J connectivity index is 2.15. The number of nitrogens with one attached hydrogen (secondary N) is 1. The number of nitrogens with two attached hydrogens (primary N) is 1. The molecule has 3 nitrogen and oxygen atoms in total. The summed E-state index contributed by atoms with van der Waals surface area (Å²) in [5.74, 6) is 0.614. The summed E-state index contributed by atoms with van der Waals surface area (Å²) < 4.78 is 0. The Bertz CT molecular complexity index is 178. The standard InChI is InChI=1S/C10H20N2O/c1-7(6-9-4-3-5-9)12-8(2)10(11)13/h7-9,12H,3-6H2,1-2H3,(H2,11,13). The Kier molecular flexibility index (Phi) is 3.72. The highest BCUT2D eigenvalue weighted by Crippen LogP contribution is 2.30. The van der Waals surface area contributed by atoms with Crippen molar-refractivity contribution < 1.29 is 4.79 Å². The monoisotopic (exact) mass is 184 g/mol. The summed E-state index contributed by atoms with van der Waals surface area (Å²) in [6, 6.07) is 0.211. The zero-order chi connectivity index (χ0) is 9.84. The number of carbonyl (C=O) groups is 1. The second-order valence-corrected chi connectivity index (χ2v) is 4.22. The first-order chi connectivity index (χ1) is 6.09. The van der Waals surface area contributed by atoms with Crippen LogP contribution in [0.4, 0.5) is 0 Å².